The second kappa shape index (κ2) is 7.80. The molecule has 3 aromatic rings. The number of nitrogens with zero attached hydrogens (tertiary/aromatic N) is 1. The molecule has 27 heavy (non-hydrogen) atoms. The molecule has 1 aliphatic heterocycles. The van der Waals surface area contributed by atoms with E-state index in [2.05, 4.69) is 0 Å². The van der Waals surface area contributed by atoms with E-state index in [0.717, 1.165) is 16.0 Å². The zero-order chi connectivity index (χ0) is 18.6. The summed E-state index contributed by atoms with van der Waals surface area (Å²) in [6.07, 6.45) is 0.505. The van der Waals surface area contributed by atoms with Gasteiger partial charge in [0.15, 0.2) is 0 Å². The summed E-state index contributed by atoms with van der Waals surface area (Å²) in [4.78, 5) is 28.4. The van der Waals surface area contributed by atoms with Gasteiger partial charge < -0.3 is 0 Å². The van der Waals surface area contributed by atoms with Crippen molar-refractivity contribution >= 4 is 29.3 Å². The Morgan fingerprint density at radius 1 is 0.889 bits per heavy atom. The van der Waals surface area contributed by atoms with Crippen LogP contribution in [0.1, 0.15) is 22.8 Å². The van der Waals surface area contributed by atoms with E-state index >= 15 is 0 Å². The lowest BCUT2D eigenvalue weighted by Gasteiger charge is -2.20. The third-order valence-electron chi connectivity index (χ3n) is 4.60. The molecule has 0 N–H and O–H groups in total. The predicted octanol–water partition coefficient (Wildman–Crippen LogP) is 5.03. The summed E-state index contributed by atoms with van der Waals surface area (Å²) in [5.74, 6) is -0.338. The Morgan fingerprint density at radius 2 is 1.52 bits per heavy atom. The molecule has 0 saturated carbocycles. The molecule has 0 spiro atoms. The minimum Gasteiger partial charge on any atom is -0.274 e. The molecule has 0 fully saturated rings. The van der Waals surface area contributed by atoms with Crippen LogP contribution in [0.2, 0.25) is 0 Å². The van der Waals surface area contributed by atoms with Crippen LogP contribution in [0.3, 0.4) is 0 Å². The lowest BCUT2D eigenvalue weighted by Crippen LogP contribution is -2.38. The van der Waals surface area contributed by atoms with E-state index in [1.807, 2.05) is 84.9 Å². The molecular weight excluding hydrogens is 354 g/mol. The van der Waals surface area contributed by atoms with Gasteiger partial charge >= 0.3 is 0 Å². The van der Waals surface area contributed by atoms with Gasteiger partial charge in [-0.05, 0) is 23.3 Å². The summed E-state index contributed by atoms with van der Waals surface area (Å²) >= 11 is 1.65. The summed E-state index contributed by atoms with van der Waals surface area (Å²) in [5.41, 5.74) is 2.69. The Kier molecular flexibility index (Phi) is 5.07. The fourth-order valence-electron chi connectivity index (χ4n) is 3.30. The molecule has 4 rings (SSSR count). The first kappa shape index (κ1) is 17.6. The number of imide groups is 1. The summed E-state index contributed by atoms with van der Waals surface area (Å²) in [5, 5.41) is -0.00521. The molecule has 1 heterocycles. The van der Waals surface area contributed by atoms with Gasteiger partial charge in [-0.3, -0.25) is 9.59 Å². The third kappa shape index (κ3) is 3.81. The molecule has 0 aromatic heterocycles. The van der Waals surface area contributed by atoms with E-state index < -0.39 is 0 Å². The predicted molar refractivity (Wildman–Crippen MR) is 109 cm³/mol. The highest BCUT2D eigenvalue weighted by Crippen LogP contribution is 2.45. The molecule has 0 saturated heterocycles. The minimum absolute atomic E-state index is 0.00521. The molecular formula is C23H19NO2S. The van der Waals surface area contributed by atoms with Crippen molar-refractivity contribution in [1.82, 2.24) is 0 Å². The minimum atomic E-state index is -0.187. The van der Waals surface area contributed by atoms with Crippen LogP contribution in [0.15, 0.2) is 89.8 Å². The van der Waals surface area contributed by atoms with Crippen LogP contribution >= 0.6 is 11.8 Å². The third-order valence-corrected chi connectivity index (χ3v) is 5.93. The first-order valence-corrected chi connectivity index (χ1v) is 9.80. The maximum atomic E-state index is 13.1. The van der Waals surface area contributed by atoms with Crippen LogP contribution in [0.25, 0.3) is 0 Å². The second-order valence-corrected chi connectivity index (χ2v) is 7.72. The standard InChI is InChI=1S/C23H19NO2S/c25-22(15-17-9-3-1-4-10-17)24-19-13-7-8-14-20(19)27-21(16-23(24)26)18-11-5-2-6-12-18/h1-14,21H,15-16H2. The highest BCUT2D eigenvalue weighted by Gasteiger charge is 2.32. The highest BCUT2D eigenvalue weighted by atomic mass is 32.2. The van der Waals surface area contributed by atoms with Crippen molar-refractivity contribution in [3.05, 3.63) is 96.1 Å². The maximum Gasteiger partial charge on any atom is 0.238 e. The van der Waals surface area contributed by atoms with Crippen molar-refractivity contribution in [2.75, 3.05) is 4.90 Å². The zero-order valence-electron chi connectivity index (χ0n) is 14.7. The lowest BCUT2D eigenvalue weighted by atomic mass is 10.1. The number of rotatable bonds is 3. The van der Waals surface area contributed by atoms with Gasteiger partial charge in [0.05, 0.1) is 12.1 Å². The molecule has 3 nitrogen and oxygen atoms in total. The van der Waals surface area contributed by atoms with E-state index in [1.165, 1.54) is 4.90 Å². The van der Waals surface area contributed by atoms with Gasteiger partial charge in [-0.1, -0.05) is 72.8 Å². The van der Waals surface area contributed by atoms with E-state index in [4.69, 9.17) is 0 Å². The fourth-order valence-corrected chi connectivity index (χ4v) is 4.56. The Bertz CT molecular complexity index is 956. The molecule has 134 valence electrons. The molecule has 4 heteroatoms. The maximum absolute atomic E-state index is 13.1. The number of fused-ring (bicyclic) bond motifs is 1. The van der Waals surface area contributed by atoms with Gasteiger partial charge in [0.1, 0.15) is 0 Å². The Hall–Kier alpha value is -2.85. The van der Waals surface area contributed by atoms with Crippen LogP contribution in [0.5, 0.6) is 0 Å². The monoisotopic (exact) mass is 373 g/mol. The number of amides is 2. The second-order valence-electron chi connectivity index (χ2n) is 6.47. The van der Waals surface area contributed by atoms with Crippen molar-refractivity contribution in [3.8, 4) is 0 Å². The molecule has 0 bridgehead atoms. The molecule has 0 aliphatic carbocycles. The van der Waals surface area contributed by atoms with Gasteiger partial charge in [-0.2, -0.15) is 0 Å². The van der Waals surface area contributed by atoms with Crippen molar-refractivity contribution < 1.29 is 9.59 Å². The van der Waals surface area contributed by atoms with Gasteiger partial charge in [0, 0.05) is 16.6 Å². The zero-order valence-corrected chi connectivity index (χ0v) is 15.6. The summed E-state index contributed by atoms with van der Waals surface area (Å²) in [7, 11) is 0. The van der Waals surface area contributed by atoms with Crippen molar-refractivity contribution in [2.24, 2.45) is 0 Å². The first-order valence-electron chi connectivity index (χ1n) is 8.93. The topological polar surface area (TPSA) is 37.4 Å². The number of para-hydroxylation sites is 1. The van der Waals surface area contributed by atoms with E-state index in [9.17, 15) is 9.59 Å². The average molecular weight is 373 g/mol. The van der Waals surface area contributed by atoms with Crippen LogP contribution in [0.4, 0.5) is 5.69 Å². The molecule has 1 aliphatic rings. The smallest absolute Gasteiger partial charge is 0.238 e. The molecule has 2 amide bonds. The first-order chi connectivity index (χ1) is 13.2. The average Bonchev–Trinajstić information content (AvgIpc) is 2.85. The fraction of sp³-hybridized carbons (Fsp3) is 0.130. The molecule has 1 atom stereocenters. The summed E-state index contributed by atoms with van der Waals surface area (Å²) in [6.45, 7) is 0. The summed E-state index contributed by atoms with van der Waals surface area (Å²) < 4.78 is 0. The largest absolute Gasteiger partial charge is 0.274 e. The Balaban J connectivity index is 1.68. The molecule has 3 aromatic carbocycles. The van der Waals surface area contributed by atoms with Crippen LogP contribution in [-0.4, -0.2) is 11.8 Å². The number of carbonyl (C=O) groups is 2. The van der Waals surface area contributed by atoms with E-state index in [1.54, 1.807) is 11.8 Å². The quantitative estimate of drug-likeness (QED) is 0.646. The van der Waals surface area contributed by atoms with E-state index in [0.29, 0.717) is 12.1 Å². The van der Waals surface area contributed by atoms with Crippen LogP contribution in [0, 0.1) is 0 Å². The normalized spacial score (nSPS) is 16.5. The van der Waals surface area contributed by atoms with Gasteiger partial charge in [-0.25, -0.2) is 4.90 Å². The van der Waals surface area contributed by atoms with Crippen LogP contribution < -0.4 is 4.90 Å². The molecule has 0 radical (unpaired) electrons. The highest BCUT2D eigenvalue weighted by molar-refractivity contribution is 7.99. The Morgan fingerprint density at radius 3 is 2.26 bits per heavy atom. The SMILES string of the molecule is O=C(Cc1ccccc1)N1C(=O)CC(c2ccccc2)Sc2ccccc21. The van der Waals surface area contributed by atoms with Crippen molar-refractivity contribution in [1.29, 1.82) is 0 Å². The number of carbonyl (C=O) groups excluding carboxylic acids is 2. The van der Waals surface area contributed by atoms with Gasteiger partial charge in [0.2, 0.25) is 11.8 Å². The summed E-state index contributed by atoms with van der Waals surface area (Å²) in [6, 6.07) is 27.2. The molecule has 1 unspecified atom stereocenters. The lowest BCUT2D eigenvalue weighted by molar-refractivity contribution is -0.126. The number of anilines is 1. The van der Waals surface area contributed by atoms with Gasteiger partial charge in [0.25, 0.3) is 0 Å². The van der Waals surface area contributed by atoms with Gasteiger partial charge in [-0.15, -0.1) is 11.8 Å². The van der Waals surface area contributed by atoms with E-state index in [-0.39, 0.29) is 23.5 Å². The number of hydrogen-bond acceptors (Lipinski definition) is 3. The number of benzene rings is 3. The Labute approximate surface area is 163 Å². The number of hydrogen-bond donors (Lipinski definition) is 0. The number of thioether (sulfide) groups is 1. The van der Waals surface area contributed by atoms with Crippen LogP contribution in [-0.2, 0) is 16.0 Å². The van der Waals surface area contributed by atoms with Crippen molar-refractivity contribution in [2.45, 2.75) is 23.0 Å². The van der Waals surface area contributed by atoms with Crippen molar-refractivity contribution in [3.63, 3.8) is 0 Å².